The maximum Gasteiger partial charge on any atom is 0.182 e. The molecule has 1 heterocycles. The molecule has 2 aromatic rings. The molecular weight excluding hydrogens is 228 g/mol. The molecule has 1 aromatic carbocycles. The van der Waals surface area contributed by atoms with Crippen molar-refractivity contribution in [3.8, 4) is 5.75 Å². The second-order valence-corrected chi connectivity index (χ2v) is 3.98. The summed E-state index contributed by atoms with van der Waals surface area (Å²) < 4.78 is 6.95. The van der Waals surface area contributed by atoms with E-state index in [-0.39, 0.29) is 5.78 Å². The maximum absolute atomic E-state index is 12.1. The van der Waals surface area contributed by atoms with Gasteiger partial charge in [0.25, 0.3) is 0 Å². The highest BCUT2D eigenvalue weighted by molar-refractivity contribution is 5.96. The van der Waals surface area contributed by atoms with Crippen molar-refractivity contribution in [2.45, 2.75) is 19.9 Å². The number of imidazole rings is 1. The van der Waals surface area contributed by atoms with Gasteiger partial charge in [-0.2, -0.15) is 0 Å². The van der Waals surface area contributed by atoms with Gasteiger partial charge in [-0.05, 0) is 24.3 Å². The molecule has 0 fully saturated rings. The first-order valence-electron chi connectivity index (χ1n) is 5.92. The van der Waals surface area contributed by atoms with Crippen LogP contribution in [0.4, 0.5) is 0 Å². The lowest BCUT2D eigenvalue weighted by Gasteiger charge is -2.06. The van der Waals surface area contributed by atoms with Crippen LogP contribution in [0.25, 0.3) is 0 Å². The largest absolute Gasteiger partial charge is 0.497 e. The van der Waals surface area contributed by atoms with Crippen molar-refractivity contribution in [3.05, 3.63) is 48.0 Å². The third-order valence-corrected chi connectivity index (χ3v) is 2.84. The van der Waals surface area contributed by atoms with Gasteiger partial charge in [0.1, 0.15) is 11.6 Å². The van der Waals surface area contributed by atoms with Gasteiger partial charge in [0.2, 0.25) is 0 Å². The van der Waals surface area contributed by atoms with Crippen molar-refractivity contribution in [1.82, 2.24) is 9.55 Å². The topological polar surface area (TPSA) is 44.1 Å². The van der Waals surface area contributed by atoms with E-state index in [4.69, 9.17) is 4.74 Å². The number of benzene rings is 1. The smallest absolute Gasteiger partial charge is 0.182 e. The van der Waals surface area contributed by atoms with Crippen LogP contribution in [-0.2, 0) is 13.0 Å². The van der Waals surface area contributed by atoms with Crippen LogP contribution >= 0.6 is 0 Å². The minimum atomic E-state index is 0.0744. The highest BCUT2D eigenvalue weighted by atomic mass is 16.5. The van der Waals surface area contributed by atoms with Gasteiger partial charge >= 0.3 is 0 Å². The SMILES string of the molecule is CCc1nccn1CC(=O)c1ccc(OC)cc1. The molecule has 0 saturated carbocycles. The molecule has 94 valence electrons. The molecule has 1 aromatic heterocycles. The van der Waals surface area contributed by atoms with Gasteiger partial charge in [-0.25, -0.2) is 4.98 Å². The normalized spacial score (nSPS) is 10.3. The van der Waals surface area contributed by atoms with Crippen LogP contribution in [0.15, 0.2) is 36.7 Å². The summed E-state index contributed by atoms with van der Waals surface area (Å²) in [5.74, 6) is 1.76. The van der Waals surface area contributed by atoms with E-state index in [0.29, 0.717) is 12.1 Å². The summed E-state index contributed by atoms with van der Waals surface area (Å²) in [6, 6.07) is 7.15. The summed E-state index contributed by atoms with van der Waals surface area (Å²) in [4.78, 5) is 16.3. The van der Waals surface area contributed by atoms with E-state index in [9.17, 15) is 4.79 Å². The predicted octanol–water partition coefficient (Wildman–Crippen LogP) is 2.34. The van der Waals surface area contributed by atoms with Gasteiger partial charge in [0.05, 0.1) is 13.7 Å². The van der Waals surface area contributed by atoms with Crippen molar-refractivity contribution < 1.29 is 9.53 Å². The Kier molecular flexibility index (Phi) is 3.77. The zero-order valence-corrected chi connectivity index (χ0v) is 10.6. The molecule has 0 amide bonds. The first-order chi connectivity index (χ1) is 8.74. The van der Waals surface area contributed by atoms with Crippen molar-refractivity contribution >= 4 is 5.78 Å². The van der Waals surface area contributed by atoms with Crippen LogP contribution < -0.4 is 4.74 Å². The molecule has 0 unspecified atom stereocenters. The van der Waals surface area contributed by atoms with Crippen molar-refractivity contribution in [2.24, 2.45) is 0 Å². The number of aromatic nitrogens is 2. The highest BCUT2D eigenvalue weighted by Crippen LogP contribution is 2.12. The van der Waals surface area contributed by atoms with Crippen LogP contribution in [-0.4, -0.2) is 22.4 Å². The zero-order valence-electron chi connectivity index (χ0n) is 10.6. The monoisotopic (exact) mass is 244 g/mol. The number of methoxy groups -OCH3 is 1. The van der Waals surface area contributed by atoms with E-state index in [1.165, 1.54) is 0 Å². The number of nitrogens with zero attached hydrogens (tertiary/aromatic N) is 2. The van der Waals surface area contributed by atoms with Gasteiger partial charge in [0.15, 0.2) is 5.78 Å². The number of ketones is 1. The summed E-state index contributed by atoms with van der Waals surface area (Å²) in [6.07, 6.45) is 4.38. The number of carbonyl (C=O) groups is 1. The average Bonchev–Trinajstić information content (AvgIpc) is 2.86. The maximum atomic E-state index is 12.1. The van der Waals surface area contributed by atoms with Gasteiger partial charge in [-0.15, -0.1) is 0 Å². The minimum Gasteiger partial charge on any atom is -0.497 e. The second-order valence-electron chi connectivity index (χ2n) is 3.98. The van der Waals surface area contributed by atoms with Gasteiger partial charge in [-0.3, -0.25) is 4.79 Å². The Labute approximate surface area is 106 Å². The van der Waals surface area contributed by atoms with Crippen LogP contribution in [0.5, 0.6) is 5.75 Å². The Morgan fingerprint density at radius 1 is 1.33 bits per heavy atom. The Balaban J connectivity index is 2.11. The average molecular weight is 244 g/mol. The molecule has 4 nitrogen and oxygen atoms in total. The molecule has 18 heavy (non-hydrogen) atoms. The van der Waals surface area contributed by atoms with E-state index in [0.717, 1.165) is 18.0 Å². The number of hydrogen-bond acceptors (Lipinski definition) is 3. The fourth-order valence-electron chi connectivity index (χ4n) is 1.82. The number of rotatable bonds is 5. The Bertz CT molecular complexity index is 529. The molecule has 0 spiro atoms. The molecule has 2 rings (SSSR count). The first-order valence-corrected chi connectivity index (χ1v) is 5.92. The fourth-order valence-corrected chi connectivity index (χ4v) is 1.82. The molecule has 0 bridgehead atoms. The number of Topliss-reactive ketones (excluding diaryl/α,β-unsaturated/α-hetero) is 1. The Morgan fingerprint density at radius 2 is 2.06 bits per heavy atom. The standard InChI is InChI=1S/C14H16N2O2/c1-3-14-15-8-9-16(14)10-13(17)11-4-6-12(18-2)7-5-11/h4-9H,3,10H2,1-2H3. The van der Waals surface area contributed by atoms with Crippen LogP contribution in [0, 0.1) is 0 Å². The van der Waals surface area contributed by atoms with Crippen LogP contribution in [0.2, 0.25) is 0 Å². The van der Waals surface area contributed by atoms with E-state index in [1.54, 1.807) is 37.6 Å². The lowest BCUT2D eigenvalue weighted by molar-refractivity contribution is 0.0971. The molecular formula is C14H16N2O2. The predicted molar refractivity (Wildman–Crippen MR) is 68.9 cm³/mol. The van der Waals surface area contributed by atoms with Crippen LogP contribution in [0.3, 0.4) is 0 Å². The summed E-state index contributed by atoms with van der Waals surface area (Å²) in [5, 5.41) is 0. The fraction of sp³-hybridized carbons (Fsp3) is 0.286. The molecule has 0 radical (unpaired) electrons. The van der Waals surface area contributed by atoms with Gasteiger partial charge < -0.3 is 9.30 Å². The van der Waals surface area contributed by atoms with Gasteiger partial charge in [0, 0.05) is 24.4 Å². The lowest BCUT2D eigenvalue weighted by Crippen LogP contribution is -2.12. The first kappa shape index (κ1) is 12.4. The van der Waals surface area contributed by atoms with E-state index in [2.05, 4.69) is 4.98 Å². The van der Waals surface area contributed by atoms with E-state index >= 15 is 0 Å². The summed E-state index contributed by atoms with van der Waals surface area (Å²) in [7, 11) is 1.61. The molecule has 0 aliphatic rings. The molecule has 0 saturated heterocycles. The lowest BCUT2D eigenvalue weighted by atomic mass is 10.1. The van der Waals surface area contributed by atoms with Crippen LogP contribution in [0.1, 0.15) is 23.1 Å². The zero-order chi connectivity index (χ0) is 13.0. The third kappa shape index (κ3) is 2.59. The second kappa shape index (κ2) is 5.49. The number of carbonyl (C=O) groups excluding carboxylic acids is 1. The molecule has 0 N–H and O–H groups in total. The van der Waals surface area contributed by atoms with Crippen molar-refractivity contribution in [3.63, 3.8) is 0 Å². The summed E-state index contributed by atoms with van der Waals surface area (Å²) in [5.41, 5.74) is 0.687. The van der Waals surface area contributed by atoms with E-state index < -0.39 is 0 Å². The third-order valence-electron chi connectivity index (χ3n) is 2.84. The molecule has 4 heteroatoms. The summed E-state index contributed by atoms with van der Waals surface area (Å²) in [6.45, 7) is 2.35. The van der Waals surface area contributed by atoms with E-state index in [1.807, 2.05) is 17.7 Å². The van der Waals surface area contributed by atoms with Crippen molar-refractivity contribution in [1.29, 1.82) is 0 Å². The van der Waals surface area contributed by atoms with Crippen molar-refractivity contribution in [2.75, 3.05) is 7.11 Å². The molecule has 0 aliphatic carbocycles. The molecule has 0 atom stereocenters. The van der Waals surface area contributed by atoms with Gasteiger partial charge in [-0.1, -0.05) is 6.92 Å². The highest BCUT2D eigenvalue weighted by Gasteiger charge is 2.09. The number of aryl methyl sites for hydroxylation is 1. The molecule has 0 aliphatic heterocycles. The minimum absolute atomic E-state index is 0.0744. The Hall–Kier alpha value is -2.10. The Morgan fingerprint density at radius 3 is 2.67 bits per heavy atom. The summed E-state index contributed by atoms with van der Waals surface area (Å²) >= 11 is 0. The number of ether oxygens (including phenoxy) is 1. The quantitative estimate of drug-likeness (QED) is 0.758. The number of hydrogen-bond donors (Lipinski definition) is 0.